The van der Waals surface area contributed by atoms with Gasteiger partial charge in [0.1, 0.15) is 0 Å². The van der Waals surface area contributed by atoms with Gasteiger partial charge < -0.3 is 5.32 Å². The SMILES string of the molecule is Cc1ccc(CNc2ccncc2Cl)cc1. The highest BCUT2D eigenvalue weighted by Gasteiger charge is 1.98. The lowest BCUT2D eigenvalue weighted by Crippen LogP contribution is -1.99. The van der Waals surface area contributed by atoms with Crippen LogP contribution in [0.15, 0.2) is 42.7 Å². The fourth-order valence-corrected chi connectivity index (χ4v) is 1.61. The Balaban J connectivity index is 2.02. The molecule has 0 aliphatic carbocycles. The van der Waals surface area contributed by atoms with E-state index < -0.39 is 0 Å². The summed E-state index contributed by atoms with van der Waals surface area (Å²) >= 11 is 5.99. The summed E-state index contributed by atoms with van der Waals surface area (Å²) in [7, 11) is 0. The third-order valence-electron chi connectivity index (χ3n) is 2.38. The molecule has 0 radical (unpaired) electrons. The first-order valence-corrected chi connectivity index (χ1v) is 5.52. The lowest BCUT2D eigenvalue weighted by Gasteiger charge is -2.07. The molecule has 2 aromatic rings. The summed E-state index contributed by atoms with van der Waals surface area (Å²) in [6.07, 6.45) is 3.36. The molecule has 2 rings (SSSR count). The zero-order valence-electron chi connectivity index (χ0n) is 9.07. The molecule has 0 spiro atoms. The Morgan fingerprint density at radius 2 is 1.94 bits per heavy atom. The van der Waals surface area contributed by atoms with Gasteiger partial charge in [-0.15, -0.1) is 0 Å². The van der Waals surface area contributed by atoms with Crippen molar-refractivity contribution in [3.05, 3.63) is 58.9 Å². The zero-order chi connectivity index (χ0) is 11.4. The van der Waals surface area contributed by atoms with Gasteiger partial charge in [0.25, 0.3) is 0 Å². The Morgan fingerprint density at radius 3 is 2.62 bits per heavy atom. The van der Waals surface area contributed by atoms with Crippen LogP contribution in [-0.4, -0.2) is 4.98 Å². The molecule has 1 N–H and O–H groups in total. The van der Waals surface area contributed by atoms with Crippen LogP contribution in [0.5, 0.6) is 0 Å². The highest BCUT2D eigenvalue weighted by atomic mass is 35.5. The quantitative estimate of drug-likeness (QED) is 0.874. The lowest BCUT2D eigenvalue weighted by molar-refractivity contribution is 1.14. The number of halogens is 1. The summed E-state index contributed by atoms with van der Waals surface area (Å²) in [5.41, 5.74) is 3.42. The molecule has 0 amide bonds. The van der Waals surface area contributed by atoms with Gasteiger partial charge >= 0.3 is 0 Å². The van der Waals surface area contributed by atoms with E-state index in [0.29, 0.717) is 5.02 Å². The summed E-state index contributed by atoms with van der Waals surface area (Å²) in [6, 6.07) is 10.3. The molecule has 0 saturated heterocycles. The van der Waals surface area contributed by atoms with Crippen LogP contribution in [0.25, 0.3) is 0 Å². The van der Waals surface area contributed by atoms with Gasteiger partial charge in [0, 0.05) is 18.9 Å². The molecule has 0 saturated carbocycles. The number of aromatic nitrogens is 1. The Bertz CT molecular complexity index is 466. The van der Waals surface area contributed by atoms with Crippen molar-refractivity contribution in [3.8, 4) is 0 Å². The minimum Gasteiger partial charge on any atom is -0.380 e. The van der Waals surface area contributed by atoms with E-state index >= 15 is 0 Å². The molecule has 16 heavy (non-hydrogen) atoms. The molecule has 82 valence electrons. The van der Waals surface area contributed by atoms with E-state index in [1.54, 1.807) is 12.4 Å². The Hall–Kier alpha value is -1.54. The topological polar surface area (TPSA) is 24.9 Å². The van der Waals surface area contributed by atoms with Crippen molar-refractivity contribution in [2.75, 3.05) is 5.32 Å². The number of hydrogen-bond acceptors (Lipinski definition) is 2. The summed E-state index contributed by atoms with van der Waals surface area (Å²) in [4.78, 5) is 3.94. The molecule has 0 aliphatic rings. The summed E-state index contributed by atoms with van der Waals surface area (Å²) in [5, 5.41) is 3.92. The Labute approximate surface area is 100 Å². The second kappa shape index (κ2) is 4.99. The van der Waals surface area contributed by atoms with E-state index in [4.69, 9.17) is 11.6 Å². The summed E-state index contributed by atoms with van der Waals surface area (Å²) in [5.74, 6) is 0. The largest absolute Gasteiger partial charge is 0.380 e. The number of nitrogens with one attached hydrogen (secondary N) is 1. The molecule has 0 unspecified atom stereocenters. The molecular weight excluding hydrogens is 220 g/mol. The van der Waals surface area contributed by atoms with Crippen LogP contribution in [-0.2, 0) is 6.54 Å². The fraction of sp³-hybridized carbons (Fsp3) is 0.154. The van der Waals surface area contributed by atoms with E-state index in [0.717, 1.165) is 12.2 Å². The van der Waals surface area contributed by atoms with Crippen LogP contribution in [0.2, 0.25) is 5.02 Å². The molecule has 3 heteroatoms. The number of rotatable bonds is 3. The van der Waals surface area contributed by atoms with E-state index in [2.05, 4.69) is 41.5 Å². The second-order valence-electron chi connectivity index (χ2n) is 3.69. The fourth-order valence-electron chi connectivity index (χ4n) is 1.42. The van der Waals surface area contributed by atoms with E-state index in [1.807, 2.05) is 6.07 Å². The van der Waals surface area contributed by atoms with Crippen molar-refractivity contribution >= 4 is 17.3 Å². The molecule has 1 aromatic heterocycles. The van der Waals surface area contributed by atoms with E-state index in [9.17, 15) is 0 Å². The minimum atomic E-state index is 0.648. The number of benzene rings is 1. The van der Waals surface area contributed by atoms with Crippen molar-refractivity contribution in [1.82, 2.24) is 4.98 Å². The number of anilines is 1. The third-order valence-corrected chi connectivity index (χ3v) is 2.68. The monoisotopic (exact) mass is 232 g/mol. The van der Waals surface area contributed by atoms with Gasteiger partial charge in [-0.3, -0.25) is 4.98 Å². The van der Waals surface area contributed by atoms with Gasteiger partial charge in [0.05, 0.1) is 10.7 Å². The average Bonchev–Trinajstić information content (AvgIpc) is 2.30. The zero-order valence-corrected chi connectivity index (χ0v) is 9.83. The normalized spacial score (nSPS) is 10.1. The van der Waals surface area contributed by atoms with Crippen LogP contribution < -0.4 is 5.32 Å². The number of pyridine rings is 1. The van der Waals surface area contributed by atoms with Gasteiger partial charge in [-0.05, 0) is 18.6 Å². The first-order chi connectivity index (χ1) is 7.75. The number of nitrogens with zero attached hydrogens (tertiary/aromatic N) is 1. The van der Waals surface area contributed by atoms with Gasteiger partial charge in [-0.1, -0.05) is 41.4 Å². The summed E-state index contributed by atoms with van der Waals surface area (Å²) in [6.45, 7) is 2.85. The third kappa shape index (κ3) is 2.74. The predicted octanol–water partition coefficient (Wildman–Crippen LogP) is 3.66. The summed E-state index contributed by atoms with van der Waals surface area (Å²) < 4.78 is 0. The maximum Gasteiger partial charge on any atom is 0.0820 e. The number of hydrogen-bond donors (Lipinski definition) is 1. The van der Waals surface area contributed by atoms with Crippen LogP contribution >= 0.6 is 11.6 Å². The molecular formula is C13H13ClN2. The smallest absolute Gasteiger partial charge is 0.0820 e. The molecule has 0 bridgehead atoms. The first kappa shape index (κ1) is 11.0. The van der Waals surface area contributed by atoms with Crippen LogP contribution in [0.1, 0.15) is 11.1 Å². The van der Waals surface area contributed by atoms with E-state index in [-0.39, 0.29) is 0 Å². The average molecular weight is 233 g/mol. The van der Waals surface area contributed by atoms with E-state index in [1.165, 1.54) is 11.1 Å². The van der Waals surface area contributed by atoms with Crippen LogP contribution in [0.3, 0.4) is 0 Å². The van der Waals surface area contributed by atoms with Crippen LogP contribution in [0, 0.1) is 6.92 Å². The first-order valence-electron chi connectivity index (χ1n) is 5.14. The molecule has 2 nitrogen and oxygen atoms in total. The minimum absolute atomic E-state index is 0.648. The molecule has 1 heterocycles. The Morgan fingerprint density at radius 1 is 1.19 bits per heavy atom. The standard InChI is InChI=1S/C13H13ClN2/c1-10-2-4-11(5-3-10)8-16-13-6-7-15-9-12(13)14/h2-7,9H,8H2,1H3,(H,15,16). The van der Waals surface area contributed by atoms with Crippen molar-refractivity contribution in [3.63, 3.8) is 0 Å². The molecule has 0 atom stereocenters. The number of aryl methyl sites for hydroxylation is 1. The van der Waals surface area contributed by atoms with Gasteiger partial charge in [-0.2, -0.15) is 0 Å². The molecule has 0 aliphatic heterocycles. The van der Waals surface area contributed by atoms with Crippen molar-refractivity contribution in [2.24, 2.45) is 0 Å². The van der Waals surface area contributed by atoms with Crippen LogP contribution in [0.4, 0.5) is 5.69 Å². The van der Waals surface area contributed by atoms with Crippen molar-refractivity contribution < 1.29 is 0 Å². The highest BCUT2D eigenvalue weighted by molar-refractivity contribution is 6.33. The van der Waals surface area contributed by atoms with Crippen molar-refractivity contribution in [2.45, 2.75) is 13.5 Å². The van der Waals surface area contributed by atoms with Gasteiger partial charge in [0.15, 0.2) is 0 Å². The Kier molecular flexibility index (Phi) is 3.42. The maximum atomic E-state index is 5.99. The highest BCUT2D eigenvalue weighted by Crippen LogP contribution is 2.19. The van der Waals surface area contributed by atoms with Gasteiger partial charge in [-0.25, -0.2) is 0 Å². The predicted molar refractivity (Wildman–Crippen MR) is 67.8 cm³/mol. The maximum absolute atomic E-state index is 5.99. The molecule has 1 aromatic carbocycles. The second-order valence-corrected chi connectivity index (χ2v) is 4.10. The lowest BCUT2D eigenvalue weighted by atomic mass is 10.1. The van der Waals surface area contributed by atoms with Gasteiger partial charge in [0.2, 0.25) is 0 Å². The van der Waals surface area contributed by atoms with Crippen molar-refractivity contribution in [1.29, 1.82) is 0 Å². The molecule has 0 fully saturated rings.